The quantitative estimate of drug-likeness (QED) is 0.142. The molecule has 0 aliphatic carbocycles. The molecule has 0 atom stereocenters. The number of benzene rings is 10. The number of hydrogen-bond donors (Lipinski definition) is 0. The lowest BCUT2D eigenvalue weighted by molar-refractivity contribution is -0.144. The Morgan fingerprint density at radius 2 is 0.636 bits per heavy atom. The van der Waals surface area contributed by atoms with E-state index in [-0.39, 0.29) is 68.8 Å². The van der Waals surface area contributed by atoms with Crippen molar-refractivity contribution in [2.45, 2.75) is 30.9 Å². The Morgan fingerprint density at radius 3 is 1.08 bits per heavy atom. The molecule has 0 bridgehead atoms. The van der Waals surface area contributed by atoms with Crippen LogP contribution in [-0.2, 0) is 30.9 Å². The summed E-state index contributed by atoms with van der Waals surface area (Å²) in [5.74, 6) is 0.480. The molecule has 13 aromatic rings. The highest BCUT2D eigenvalue weighted by molar-refractivity contribution is 6.12. The van der Waals surface area contributed by atoms with Crippen LogP contribution in [0.4, 0.5) is 65.9 Å². The minimum atomic E-state index is -5.16. The molecule has 20 heteroatoms. The number of para-hydroxylation sites is 2. The molecule has 0 N–H and O–H groups in total. The molecule has 0 fully saturated rings. The lowest BCUT2D eigenvalue weighted by Crippen LogP contribution is -2.11. The Labute approximate surface area is 487 Å². The monoisotopic (exact) mass is 1210 g/mol. The largest absolute Gasteiger partial charge is 0.417 e. The second kappa shape index (κ2) is 20.7. The van der Waals surface area contributed by atoms with Crippen molar-refractivity contribution in [2.75, 3.05) is 0 Å². The van der Waals surface area contributed by atoms with Crippen LogP contribution in [0.15, 0.2) is 218 Å². The highest BCUT2D eigenvalue weighted by Gasteiger charge is 2.40. The minimum Gasteiger partial charge on any atom is -0.309 e. The van der Waals surface area contributed by atoms with Crippen molar-refractivity contribution in [3.05, 3.63) is 246 Å². The van der Waals surface area contributed by atoms with E-state index in [1.54, 1.807) is 130 Å². The summed E-state index contributed by atoms with van der Waals surface area (Å²) in [6.45, 7) is 0. The summed E-state index contributed by atoms with van der Waals surface area (Å²) >= 11 is 0. The van der Waals surface area contributed by atoms with Crippen LogP contribution in [0.25, 0.3) is 123 Å². The van der Waals surface area contributed by atoms with Gasteiger partial charge in [0.2, 0.25) is 0 Å². The normalized spacial score (nSPS) is 12.7. The molecule has 0 aliphatic rings. The lowest BCUT2D eigenvalue weighted by Gasteiger charge is -2.21. The van der Waals surface area contributed by atoms with E-state index >= 15 is 13.2 Å². The molecule has 0 saturated heterocycles. The Hall–Kier alpha value is -10.2. The van der Waals surface area contributed by atoms with Crippen molar-refractivity contribution < 1.29 is 65.9 Å². The second-order valence-corrected chi connectivity index (χ2v) is 20.8. The van der Waals surface area contributed by atoms with Crippen LogP contribution in [0.1, 0.15) is 27.8 Å². The third kappa shape index (κ3) is 10.4. The maximum absolute atomic E-state index is 16.1. The highest BCUT2D eigenvalue weighted by atomic mass is 19.4. The van der Waals surface area contributed by atoms with E-state index in [0.29, 0.717) is 73.5 Å². The van der Waals surface area contributed by atoms with Gasteiger partial charge in [0.1, 0.15) is 0 Å². The summed E-state index contributed by atoms with van der Waals surface area (Å²) in [7, 11) is 0. The Kier molecular flexibility index (Phi) is 13.4. The van der Waals surface area contributed by atoms with E-state index in [0.717, 1.165) is 6.07 Å². The van der Waals surface area contributed by atoms with E-state index in [2.05, 4.69) is 0 Å². The third-order valence-electron chi connectivity index (χ3n) is 15.2. The minimum absolute atomic E-state index is 0.0193. The molecule has 0 spiro atoms. The number of alkyl halides is 15. The van der Waals surface area contributed by atoms with Crippen LogP contribution in [0.2, 0.25) is 0 Å². The highest BCUT2D eigenvalue weighted by Crippen LogP contribution is 2.48. The molecule has 10 aromatic carbocycles. The maximum Gasteiger partial charge on any atom is 0.417 e. The van der Waals surface area contributed by atoms with E-state index in [1.165, 1.54) is 54.6 Å². The van der Waals surface area contributed by atoms with E-state index in [1.807, 2.05) is 0 Å². The van der Waals surface area contributed by atoms with Gasteiger partial charge in [-0.15, -0.1) is 0 Å². The van der Waals surface area contributed by atoms with Crippen LogP contribution in [0, 0.1) is 0 Å². The van der Waals surface area contributed by atoms with Gasteiger partial charge in [0.15, 0.2) is 17.5 Å². The number of hydrogen-bond acceptors (Lipinski definition) is 3. The van der Waals surface area contributed by atoms with Crippen molar-refractivity contribution in [3.8, 4) is 78.9 Å². The molecule has 13 rings (SSSR count). The smallest absolute Gasteiger partial charge is 0.309 e. The number of rotatable bonds is 8. The summed E-state index contributed by atoms with van der Waals surface area (Å²) in [5, 5.41) is 1.49. The van der Waals surface area contributed by atoms with Crippen LogP contribution in [0.5, 0.6) is 0 Å². The number of aromatic nitrogens is 5. The summed E-state index contributed by atoms with van der Waals surface area (Å²) in [6.07, 6.45) is -25.7. The fourth-order valence-corrected chi connectivity index (χ4v) is 11.3. The molecule has 5 nitrogen and oxygen atoms in total. The molecule has 3 heterocycles. The molecule has 88 heavy (non-hydrogen) atoms. The van der Waals surface area contributed by atoms with Crippen molar-refractivity contribution >= 4 is 43.6 Å². The fourth-order valence-electron chi connectivity index (χ4n) is 11.3. The van der Waals surface area contributed by atoms with Gasteiger partial charge in [-0.2, -0.15) is 65.9 Å². The molecule has 3 aromatic heterocycles. The molecule has 0 amide bonds. The first-order valence-electron chi connectivity index (χ1n) is 26.7. The zero-order chi connectivity index (χ0) is 61.8. The predicted octanol–water partition coefficient (Wildman–Crippen LogP) is 21.2. The maximum atomic E-state index is 16.1. The Morgan fingerprint density at radius 1 is 0.250 bits per heavy atom. The van der Waals surface area contributed by atoms with E-state index in [4.69, 9.17) is 15.0 Å². The molecular formula is C68H36F15N5. The van der Waals surface area contributed by atoms with Crippen LogP contribution in [-0.4, -0.2) is 24.1 Å². The van der Waals surface area contributed by atoms with Crippen molar-refractivity contribution in [1.29, 1.82) is 0 Å². The van der Waals surface area contributed by atoms with Gasteiger partial charge < -0.3 is 9.13 Å². The van der Waals surface area contributed by atoms with Gasteiger partial charge in [-0.05, 0) is 137 Å². The number of fused-ring (bicyclic) bond motifs is 6. The molecule has 0 radical (unpaired) electrons. The van der Waals surface area contributed by atoms with Gasteiger partial charge in [-0.25, -0.2) is 15.0 Å². The van der Waals surface area contributed by atoms with E-state index in [9.17, 15) is 52.7 Å². The zero-order valence-corrected chi connectivity index (χ0v) is 44.7. The zero-order valence-electron chi connectivity index (χ0n) is 44.7. The standard InChI is InChI=1S/C68H36F15N5/c69-64(70,71)44-27-42(28-45(34-44)65(72,73)74)39-19-24-58-52(31-39)49-15-7-9-17-56(49)87(58)48-22-23-55(68(81,82)83)51(36-48)54-33-41(63-85-61(37-11-3-1-4-12-37)84-62(86-63)38-13-5-2-6-14-38)21-26-60(54)88-57-18-10-8-16-50(57)53-32-40(20-25-59(53)88)43-29-46(66(75,76)77)35-47(30-43)67(78,79)80/h1-36H. The van der Waals surface area contributed by atoms with Crippen LogP contribution < -0.4 is 0 Å². The van der Waals surface area contributed by atoms with Crippen LogP contribution in [0.3, 0.4) is 0 Å². The summed E-state index contributed by atoms with van der Waals surface area (Å²) in [5.41, 5.74) is -5.71. The first kappa shape index (κ1) is 56.9. The molecule has 0 aliphatic heterocycles. The van der Waals surface area contributed by atoms with Gasteiger partial charge in [0, 0.05) is 49.5 Å². The van der Waals surface area contributed by atoms with Gasteiger partial charge >= 0.3 is 30.9 Å². The molecule has 0 unspecified atom stereocenters. The molecule has 0 saturated carbocycles. The average molecular weight is 1210 g/mol. The average Bonchev–Trinajstić information content (AvgIpc) is 1.66. The first-order valence-corrected chi connectivity index (χ1v) is 26.7. The number of nitrogens with zero attached hydrogens (tertiary/aromatic N) is 5. The van der Waals surface area contributed by atoms with Crippen molar-refractivity contribution in [1.82, 2.24) is 24.1 Å². The lowest BCUT2D eigenvalue weighted by atomic mass is 9.94. The molecule has 438 valence electrons. The number of halogens is 15. The Bertz CT molecular complexity index is 4780. The van der Waals surface area contributed by atoms with Gasteiger partial charge in [0.25, 0.3) is 0 Å². The fraction of sp³-hybridized carbons (Fsp3) is 0.0735. The third-order valence-corrected chi connectivity index (χ3v) is 15.2. The van der Waals surface area contributed by atoms with Crippen molar-refractivity contribution in [2.24, 2.45) is 0 Å². The molecular weight excluding hydrogens is 1170 g/mol. The van der Waals surface area contributed by atoms with E-state index < -0.39 is 75.4 Å². The topological polar surface area (TPSA) is 48.5 Å². The predicted molar refractivity (Wildman–Crippen MR) is 306 cm³/mol. The summed E-state index contributed by atoms with van der Waals surface area (Å²) in [6, 6.07) is 49.7. The SMILES string of the molecule is FC(F)(F)c1cc(-c2ccc3c(c2)c2ccccc2n3-c2ccc(C(F)(F)F)c(-c3cc(-c4nc(-c5ccccc5)nc(-c5ccccc5)n4)ccc3-n3c4ccccc4c4cc(-c5cc(C(F)(F)F)cc(C(F)(F)F)c5)ccc43)c2)cc(C(F)(F)F)c1. The Balaban J connectivity index is 1.07. The second-order valence-electron chi connectivity index (χ2n) is 20.8. The van der Waals surface area contributed by atoms with Gasteiger partial charge in [-0.3, -0.25) is 0 Å². The van der Waals surface area contributed by atoms with Crippen molar-refractivity contribution in [3.63, 3.8) is 0 Å². The van der Waals surface area contributed by atoms with Gasteiger partial charge in [0.05, 0.1) is 55.6 Å². The first-order chi connectivity index (χ1) is 41.8. The van der Waals surface area contributed by atoms with Crippen LogP contribution >= 0.6 is 0 Å². The van der Waals surface area contributed by atoms with Gasteiger partial charge in [-0.1, -0.05) is 109 Å². The summed E-state index contributed by atoms with van der Waals surface area (Å²) < 4.78 is 221. The summed E-state index contributed by atoms with van der Waals surface area (Å²) in [4.78, 5) is 14.5.